The largest absolute Gasteiger partial charge is 0.494 e. The van der Waals surface area contributed by atoms with Crippen molar-refractivity contribution in [1.29, 1.82) is 0 Å². The van der Waals surface area contributed by atoms with E-state index in [1.165, 1.54) is 0 Å². The number of rotatable bonds is 8. The Morgan fingerprint density at radius 1 is 1.40 bits per heavy atom. The molecule has 1 aromatic rings. The lowest BCUT2D eigenvalue weighted by molar-refractivity contribution is -0.146. The van der Waals surface area contributed by atoms with E-state index in [4.69, 9.17) is 14.9 Å². The van der Waals surface area contributed by atoms with Crippen molar-refractivity contribution in [2.24, 2.45) is 0 Å². The van der Waals surface area contributed by atoms with Gasteiger partial charge in [-0.15, -0.1) is 0 Å². The van der Waals surface area contributed by atoms with Crippen molar-refractivity contribution in [3.8, 4) is 5.75 Å². The molecule has 6 nitrogen and oxygen atoms in total. The number of ether oxygens (including phenoxy) is 1. The minimum Gasteiger partial charge on any atom is -0.494 e. The van der Waals surface area contributed by atoms with Crippen molar-refractivity contribution in [3.63, 3.8) is 0 Å². The second kappa shape index (κ2) is 8.16. The fourth-order valence-electron chi connectivity index (χ4n) is 1.51. The van der Waals surface area contributed by atoms with Gasteiger partial charge in [0, 0.05) is 6.42 Å². The zero-order chi connectivity index (χ0) is 15.0. The second-order valence-corrected chi connectivity index (χ2v) is 4.43. The molecular weight excluding hydrogens is 262 g/mol. The van der Waals surface area contributed by atoms with E-state index < -0.39 is 12.1 Å². The van der Waals surface area contributed by atoms with Gasteiger partial charge in [-0.25, -0.2) is 4.79 Å². The van der Waals surface area contributed by atoms with Crippen LogP contribution in [0.1, 0.15) is 18.4 Å². The van der Waals surface area contributed by atoms with Gasteiger partial charge in [0.25, 0.3) is 0 Å². The number of carbonyl (C=O) groups excluding carboxylic acids is 1. The Morgan fingerprint density at radius 3 is 2.80 bits per heavy atom. The van der Waals surface area contributed by atoms with Gasteiger partial charge in [0.05, 0.1) is 13.2 Å². The third kappa shape index (κ3) is 6.19. The number of hydrogen-bond donors (Lipinski definition) is 3. The van der Waals surface area contributed by atoms with Crippen molar-refractivity contribution in [1.82, 2.24) is 5.32 Å². The van der Waals surface area contributed by atoms with E-state index in [-0.39, 0.29) is 18.9 Å². The van der Waals surface area contributed by atoms with E-state index in [9.17, 15) is 9.59 Å². The average molecular weight is 281 g/mol. The smallest absolute Gasteiger partial charge is 0.334 e. The maximum atomic E-state index is 11.4. The molecule has 1 amide bonds. The predicted molar refractivity (Wildman–Crippen MR) is 72.6 cm³/mol. The van der Waals surface area contributed by atoms with E-state index in [0.29, 0.717) is 13.0 Å². The highest BCUT2D eigenvalue weighted by atomic mass is 16.5. The molecule has 3 N–H and O–H groups in total. The third-order valence-electron chi connectivity index (χ3n) is 2.58. The first kappa shape index (κ1) is 16.0. The van der Waals surface area contributed by atoms with E-state index in [1.54, 1.807) is 0 Å². The highest BCUT2D eigenvalue weighted by Gasteiger charge is 2.13. The van der Waals surface area contributed by atoms with Gasteiger partial charge in [-0.05, 0) is 31.0 Å². The maximum absolute atomic E-state index is 11.4. The summed E-state index contributed by atoms with van der Waals surface area (Å²) in [5.41, 5.74) is 1.10. The Kier molecular flexibility index (Phi) is 6.52. The first-order valence-corrected chi connectivity index (χ1v) is 6.36. The number of aliphatic hydroxyl groups is 1. The summed E-state index contributed by atoms with van der Waals surface area (Å²) in [7, 11) is 0. The molecule has 0 heterocycles. The van der Waals surface area contributed by atoms with Crippen LogP contribution in [0.2, 0.25) is 0 Å². The first-order valence-electron chi connectivity index (χ1n) is 6.36. The van der Waals surface area contributed by atoms with Crippen LogP contribution in [0, 0.1) is 6.92 Å². The number of carboxylic acids is 1. The van der Waals surface area contributed by atoms with Crippen LogP contribution >= 0.6 is 0 Å². The number of carboxylic acid groups (broad SMARTS) is 1. The molecule has 6 heteroatoms. The van der Waals surface area contributed by atoms with Gasteiger partial charge in [0.2, 0.25) is 5.91 Å². The van der Waals surface area contributed by atoms with Crippen LogP contribution in [0.25, 0.3) is 0 Å². The van der Waals surface area contributed by atoms with Crippen molar-refractivity contribution in [2.45, 2.75) is 25.9 Å². The molecule has 0 aliphatic carbocycles. The predicted octanol–water partition coefficient (Wildman–Crippen LogP) is 0.716. The van der Waals surface area contributed by atoms with E-state index >= 15 is 0 Å². The highest BCUT2D eigenvalue weighted by molar-refractivity contribution is 5.77. The summed E-state index contributed by atoms with van der Waals surface area (Å²) in [6.45, 7) is 2.08. The lowest BCUT2D eigenvalue weighted by Crippen LogP contribution is -2.36. The molecule has 0 bridgehead atoms. The number of benzene rings is 1. The molecule has 1 aromatic carbocycles. The molecule has 0 aromatic heterocycles. The number of aliphatic hydroxyl groups excluding tert-OH is 1. The normalized spacial score (nSPS) is 11.7. The van der Waals surface area contributed by atoms with Crippen LogP contribution < -0.4 is 10.1 Å². The Hall–Kier alpha value is -2.08. The van der Waals surface area contributed by atoms with Gasteiger partial charge in [0.15, 0.2) is 6.10 Å². The van der Waals surface area contributed by atoms with Gasteiger partial charge in [0.1, 0.15) is 5.75 Å². The van der Waals surface area contributed by atoms with Gasteiger partial charge in [-0.3, -0.25) is 4.79 Å². The average Bonchev–Trinajstić information content (AvgIpc) is 2.41. The fourth-order valence-corrected chi connectivity index (χ4v) is 1.51. The molecular formula is C14H19NO5. The molecule has 110 valence electrons. The SMILES string of the molecule is Cc1cccc(OCCCC(=O)NCC(O)C(=O)O)c1. The van der Waals surface area contributed by atoms with Crippen molar-refractivity contribution in [2.75, 3.05) is 13.2 Å². The Bertz CT molecular complexity index is 461. The van der Waals surface area contributed by atoms with Crippen LogP contribution in [-0.2, 0) is 9.59 Å². The second-order valence-electron chi connectivity index (χ2n) is 4.43. The van der Waals surface area contributed by atoms with Gasteiger partial charge < -0.3 is 20.3 Å². The molecule has 20 heavy (non-hydrogen) atoms. The number of aliphatic carboxylic acids is 1. The van der Waals surface area contributed by atoms with E-state index in [1.807, 2.05) is 31.2 Å². The lowest BCUT2D eigenvalue weighted by atomic mass is 10.2. The fraction of sp³-hybridized carbons (Fsp3) is 0.429. The molecule has 0 spiro atoms. The van der Waals surface area contributed by atoms with E-state index in [2.05, 4.69) is 5.32 Å². The Balaban J connectivity index is 2.15. The van der Waals surface area contributed by atoms with Crippen LogP contribution in [-0.4, -0.2) is 41.3 Å². The maximum Gasteiger partial charge on any atom is 0.334 e. The monoisotopic (exact) mass is 281 g/mol. The van der Waals surface area contributed by atoms with Crippen molar-refractivity contribution >= 4 is 11.9 Å². The molecule has 0 aliphatic rings. The Morgan fingerprint density at radius 2 is 2.15 bits per heavy atom. The number of aryl methyl sites for hydroxylation is 1. The molecule has 0 saturated heterocycles. The Labute approximate surface area is 117 Å². The third-order valence-corrected chi connectivity index (χ3v) is 2.58. The number of carbonyl (C=O) groups is 2. The number of hydrogen-bond acceptors (Lipinski definition) is 4. The summed E-state index contributed by atoms with van der Waals surface area (Å²) in [5, 5.41) is 19.8. The summed E-state index contributed by atoms with van der Waals surface area (Å²) >= 11 is 0. The molecule has 1 atom stereocenters. The summed E-state index contributed by atoms with van der Waals surface area (Å²) in [6, 6.07) is 7.61. The minimum absolute atomic E-state index is 0.220. The topological polar surface area (TPSA) is 95.9 Å². The molecule has 0 fully saturated rings. The molecule has 0 radical (unpaired) electrons. The molecule has 1 rings (SSSR count). The molecule has 0 saturated carbocycles. The summed E-state index contributed by atoms with van der Waals surface area (Å²) in [4.78, 5) is 21.7. The van der Waals surface area contributed by atoms with E-state index in [0.717, 1.165) is 11.3 Å². The van der Waals surface area contributed by atoms with Crippen LogP contribution in [0.4, 0.5) is 0 Å². The van der Waals surface area contributed by atoms with Crippen LogP contribution in [0.15, 0.2) is 24.3 Å². The van der Waals surface area contributed by atoms with Crippen LogP contribution in [0.3, 0.4) is 0 Å². The van der Waals surface area contributed by atoms with Gasteiger partial charge >= 0.3 is 5.97 Å². The lowest BCUT2D eigenvalue weighted by Gasteiger charge is -2.09. The van der Waals surface area contributed by atoms with Crippen molar-refractivity contribution < 1.29 is 24.5 Å². The van der Waals surface area contributed by atoms with Gasteiger partial charge in [-0.1, -0.05) is 12.1 Å². The minimum atomic E-state index is -1.57. The highest BCUT2D eigenvalue weighted by Crippen LogP contribution is 2.12. The molecule has 1 unspecified atom stereocenters. The zero-order valence-corrected chi connectivity index (χ0v) is 11.3. The summed E-state index contributed by atoms with van der Waals surface area (Å²) in [6.07, 6.45) is -0.830. The van der Waals surface area contributed by atoms with Crippen molar-refractivity contribution in [3.05, 3.63) is 29.8 Å². The number of nitrogens with one attached hydrogen (secondary N) is 1. The van der Waals surface area contributed by atoms with Crippen LogP contribution in [0.5, 0.6) is 5.75 Å². The molecule has 0 aliphatic heterocycles. The zero-order valence-electron chi connectivity index (χ0n) is 11.3. The standard InChI is InChI=1S/C14H19NO5/c1-10-4-2-5-11(8-10)20-7-3-6-13(17)15-9-12(16)14(18)19/h2,4-5,8,12,16H,3,6-7,9H2,1H3,(H,15,17)(H,18,19). The summed E-state index contributed by atoms with van der Waals surface area (Å²) < 4.78 is 5.48. The van der Waals surface area contributed by atoms with Gasteiger partial charge in [-0.2, -0.15) is 0 Å². The first-order chi connectivity index (χ1) is 9.49. The summed E-state index contributed by atoms with van der Waals surface area (Å²) in [5.74, 6) is -0.905. The number of amides is 1. The quantitative estimate of drug-likeness (QED) is 0.610.